The van der Waals surface area contributed by atoms with Crippen molar-refractivity contribution in [2.45, 2.75) is 12.2 Å². The van der Waals surface area contributed by atoms with Crippen LogP contribution in [0.4, 0.5) is 13.2 Å². The number of alkyl halides is 3. The van der Waals surface area contributed by atoms with Crippen LogP contribution in [0.3, 0.4) is 0 Å². The molecule has 1 amide bonds. The van der Waals surface area contributed by atoms with Gasteiger partial charge in [0.1, 0.15) is 11.5 Å². The maximum absolute atomic E-state index is 13.5. The Morgan fingerprint density at radius 3 is 2.53 bits per heavy atom. The first-order valence-electron chi connectivity index (χ1n) is 9.86. The van der Waals surface area contributed by atoms with E-state index in [1.54, 1.807) is 41.6 Å². The van der Waals surface area contributed by atoms with Gasteiger partial charge in [0.25, 0.3) is 5.91 Å². The summed E-state index contributed by atoms with van der Waals surface area (Å²) in [5, 5.41) is 3.25. The predicted octanol–water partition coefficient (Wildman–Crippen LogP) is 3.08. The Kier molecular flexibility index (Phi) is 6.14. The lowest BCUT2D eigenvalue weighted by molar-refractivity contribution is -0.137. The molecule has 1 aliphatic rings. The molecule has 0 aliphatic carbocycles. The van der Waals surface area contributed by atoms with E-state index < -0.39 is 11.7 Å². The standard InChI is InChI=1S/C23H18F3N5O/c24-23(25,26)19-8-6-17(14-16(19)5-7-18-4-1-2-9-27-18)22(32)31-13-12-28-20(15-31)21-29-10-3-11-30-21/h1-4,6,8-11,14,20,28H,12-13,15H2. The SMILES string of the molecule is O=C(c1ccc(C(F)(F)F)c(C#Cc2ccccn2)c1)N1CCNC(c2ncccn2)C1. The van der Waals surface area contributed by atoms with E-state index in [0.717, 1.165) is 6.07 Å². The topological polar surface area (TPSA) is 71.0 Å². The zero-order valence-electron chi connectivity index (χ0n) is 16.8. The van der Waals surface area contributed by atoms with Gasteiger partial charge in [0.15, 0.2) is 0 Å². The molecule has 3 aromatic rings. The molecule has 1 aromatic carbocycles. The smallest absolute Gasteiger partial charge is 0.335 e. The van der Waals surface area contributed by atoms with Crippen molar-refractivity contribution in [3.63, 3.8) is 0 Å². The van der Waals surface area contributed by atoms with Crippen LogP contribution in [0.5, 0.6) is 0 Å². The summed E-state index contributed by atoms with van der Waals surface area (Å²) in [7, 11) is 0. The number of pyridine rings is 1. The van der Waals surface area contributed by atoms with Gasteiger partial charge in [-0.3, -0.25) is 4.79 Å². The van der Waals surface area contributed by atoms with Gasteiger partial charge in [-0.2, -0.15) is 13.2 Å². The fraction of sp³-hybridized carbons (Fsp3) is 0.217. The first-order valence-corrected chi connectivity index (χ1v) is 9.86. The maximum atomic E-state index is 13.5. The number of halogens is 3. The van der Waals surface area contributed by atoms with E-state index in [1.165, 1.54) is 18.3 Å². The Bertz CT molecular complexity index is 1160. The van der Waals surface area contributed by atoms with E-state index in [1.807, 2.05) is 0 Å². The van der Waals surface area contributed by atoms with Gasteiger partial charge in [-0.25, -0.2) is 15.0 Å². The van der Waals surface area contributed by atoms with Crippen molar-refractivity contribution in [2.75, 3.05) is 19.6 Å². The molecule has 1 N–H and O–H groups in total. The van der Waals surface area contributed by atoms with Crippen molar-refractivity contribution in [3.05, 3.63) is 89.3 Å². The lowest BCUT2D eigenvalue weighted by Gasteiger charge is -2.33. The molecule has 6 nitrogen and oxygen atoms in total. The number of hydrogen-bond acceptors (Lipinski definition) is 5. The molecule has 1 aliphatic heterocycles. The first-order chi connectivity index (χ1) is 15.4. The van der Waals surface area contributed by atoms with E-state index >= 15 is 0 Å². The molecule has 1 atom stereocenters. The molecule has 0 bridgehead atoms. The summed E-state index contributed by atoms with van der Waals surface area (Å²) >= 11 is 0. The molecule has 1 saturated heterocycles. The van der Waals surface area contributed by atoms with Gasteiger partial charge in [0, 0.05) is 49.4 Å². The largest absolute Gasteiger partial charge is 0.417 e. The minimum absolute atomic E-state index is 0.137. The fourth-order valence-electron chi connectivity index (χ4n) is 3.38. The Morgan fingerprint density at radius 2 is 1.81 bits per heavy atom. The number of aromatic nitrogens is 3. The van der Waals surface area contributed by atoms with Gasteiger partial charge in [-0.05, 0) is 42.3 Å². The number of benzene rings is 1. The molecule has 162 valence electrons. The number of piperazine rings is 1. The lowest BCUT2D eigenvalue weighted by Crippen LogP contribution is -2.48. The molecule has 3 heterocycles. The van der Waals surface area contributed by atoms with Crippen LogP contribution in [-0.2, 0) is 6.18 Å². The van der Waals surface area contributed by atoms with Crippen LogP contribution in [0, 0.1) is 11.8 Å². The summed E-state index contributed by atoms with van der Waals surface area (Å²) in [6.07, 6.45) is 0.146. The average Bonchev–Trinajstić information content (AvgIpc) is 2.83. The predicted molar refractivity (Wildman–Crippen MR) is 110 cm³/mol. The van der Waals surface area contributed by atoms with Crippen molar-refractivity contribution < 1.29 is 18.0 Å². The summed E-state index contributed by atoms with van der Waals surface area (Å²) in [6.45, 7) is 1.23. The Labute approximate surface area is 182 Å². The second kappa shape index (κ2) is 9.16. The summed E-state index contributed by atoms with van der Waals surface area (Å²) < 4.78 is 40.5. The van der Waals surface area contributed by atoms with Crippen molar-refractivity contribution in [1.82, 2.24) is 25.2 Å². The van der Waals surface area contributed by atoms with Crippen molar-refractivity contribution in [2.24, 2.45) is 0 Å². The molecule has 0 spiro atoms. The maximum Gasteiger partial charge on any atom is 0.417 e. The molecule has 2 aromatic heterocycles. The van der Waals surface area contributed by atoms with Gasteiger partial charge < -0.3 is 10.2 Å². The van der Waals surface area contributed by atoms with Gasteiger partial charge in [-0.15, -0.1) is 0 Å². The number of hydrogen-bond donors (Lipinski definition) is 1. The van der Waals surface area contributed by atoms with Crippen LogP contribution in [0.2, 0.25) is 0 Å². The lowest BCUT2D eigenvalue weighted by atomic mass is 10.0. The molecule has 1 unspecified atom stereocenters. The van der Waals surface area contributed by atoms with Crippen LogP contribution in [0.1, 0.15) is 39.0 Å². The van der Waals surface area contributed by atoms with Crippen LogP contribution in [0.15, 0.2) is 61.1 Å². The average molecular weight is 437 g/mol. The zero-order valence-corrected chi connectivity index (χ0v) is 16.8. The monoisotopic (exact) mass is 437 g/mol. The van der Waals surface area contributed by atoms with Gasteiger partial charge in [0.2, 0.25) is 0 Å². The van der Waals surface area contributed by atoms with E-state index in [4.69, 9.17) is 0 Å². The second-order valence-electron chi connectivity index (χ2n) is 7.09. The van der Waals surface area contributed by atoms with E-state index in [2.05, 4.69) is 32.1 Å². The molecular formula is C23H18F3N5O. The quantitative estimate of drug-likeness (QED) is 0.624. The Morgan fingerprint density at radius 1 is 1.03 bits per heavy atom. The zero-order chi connectivity index (χ0) is 22.6. The summed E-state index contributed by atoms with van der Waals surface area (Å²) in [5.41, 5.74) is -0.691. The molecule has 1 fully saturated rings. The molecule has 0 saturated carbocycles. The van der Waals surface area contributed by atoms with Gasteiger partial charge in [0.05, 0.1) is 11.6 Å². The number of nitrogens with one attached hydrogen (secondary N) is 1. The number of carbonyl (C=O) groups excluding carboxylic acids is 1. The Hall–Kier alpha value is -3.77. The van der Waals surface area contributed by atoms with Crippen LogP contribution >= 0.6 is 0 Å². The van der Waals surface area contributed by atoms with Crippen molar-refractivity contribution in [3.8, 4) is 11.8 Å². The summed E-state index contributed by atoms with van der Waals surface area (Å²) in [5.74, 6) is 5.35. The molecule has 0 radical (unpaired) electrons. The third-order valence-corrected chi connectivity index (χ3v) is 4.92. The third-order valence-electron chi connectivity index (χ3n) is 4.92. The third kappa shape index (κ3) is 4.92. The van der Waals surface area contributed by atoms with E-state index in [0.29, 0.717) is 31.2 Å². The minimum atomic E-state index is -4.60. The summed E-state index contributed by atoms with van der Waals surface area (Å²) in [4.78, 5) is 27.1. The molecular weight excluding hydrogens is 419 g/mol. The number of carbonyl (C=O) groups is 1. The highest BCUT2D eigenvalue weighted by atomic mass is 19.4. The Balaban J connectivity index is 1.62. The highest BCUT2D eigenvalue weighted by Gasteiger charge is 2.34. The first kappa shape index (κ1) is 21.5. The van der Waals surface area contributed by atoms with Gasteiger partial charge >= 0.3 is 6.18 Å². The van der Waals surface area contributed by atoms with Gasteiger partial charge in [-0.1, -0.05) is 12.0 Å². The number of amides is 1. The highest BCUT2D eigenvalue weighted by Crippen LogP contribution is 2.32. The number of nitrogens with zero attached hydrogens (tertiary/aromatic N) is 4. The second-order valence-corrected chi connectivity index (χ2v) is 7.09. The van der Waals surface area contributed by atoms with E-state index in [-0.39, 0.29) is 23.1 Å². The molecule has 32 heavy (non-hydrogen) atoms. The summed E-state index contributed by atoms with van der Waals surface area (Å²) in [6, 6.07) is 9.70. The van der Waals surface area contributed by atoms with Crippen LogP contribution in [-0.4, -0.2) is 45.4 Å². The minimum Gasteiger partial charge on any atom is -0.335 e. The van der Waals surface area contributed by atoms with Crippen molar-refractivity contribution >= 4 is 5.91 Å². The normalized spacial score (nSPS) is 16.2. The van der Waals surface area contributed by atoms with E-state index in [9.17, 15) is 18.0 Å². The molecule has 9 heteroatoms. The number of rotatable bonds is 2. The van der Waals surface area contributed by atoms with Crippen LogP contribution < -0.4 is 5.32 Å². The van der Waals surface area contributed by atoms with Crippen molar-refractivity contribution in [1.29, 1.82) is 0 Å². The molecule has 4 rings (SSSR count). The highest BCUT2D eigenvalue weighted by molar-refractivity contribution is 5.95. The fourth-order valence-corrected chi connectivity index (χ4v) is 3.38. The van der Waals surface area contributed by atoms with Crippen LogP contribution in [0.25, 0.3) is 0 Å².